The second-order valence-electron chi connectivity index (χ2n) is 4.81. The molecule has 0 bridgehead atoms. The number of carbonyl (C=O) groups is 1. The lowest BCUT2D eigenvalue weighted by Crippen LogP contribution is -2.35. The van der Waals surface area contributed by atoms with Crippen molar-refractivity contribution in [3.8, 4) is 0 Å². The largest absolute Gasteiger partial charge is 0.481 e. The van der Waals surface area contributed by atoms with Crippen LogP contribution in [0.5, 0.6) is 0 Å². The summed E-state index contributed by atoms with van der Waals surface area (Å²) >= 11 is 0. The van der Waals surface area contributed by atoms with E-state index in [1.807, 2.05) is 0 Å². The average Bonchev–Trinajstić information content (AvgIpc) is 2.55. The van der Waals surface area contributed by atoms with Crippen LogP contribution in [0.4, 0.5) is 4.39 Å². The molecule has 1 saturated carbocycles. The van der Waals surface area contributed by atoms with E-state index in [0.717, 1.165) is 25.7 Å². The lowest BCUT2D eigenvalue weighted by atomic mass is 9.74. The molecule has 1 N–H and O–H groups in total. The van der Waals surface area contributed by atoms with Crippen LogP contribution in [0.25, 0.3) is 0 Å². The molecule has 0 spiro atoms. The highest BCUT2D eigenvalue weighted by molar-refractivity contribution is 5.81. The quantitative estimate of drug-likeness (QED) is 0.798. The molecule has 92 valence electrons. The predicted octanol–water partition coefficient (Wildman–Crippen LogP) is 3.50. The molecule has 0 aromatic heterocycles. The van der Waals surface area contributed by atoms with E-state index >= 15 is 0 Å². The normalized spacial score (nSPS) is 19.6. The zero-order valence-corrected chi connectivity index (χ0v) is 9.79. The third kappa shape index (κ3) is 2.33. The van der Waals surface area contributed by atoms with Crippen LogP contribution in [-0.2, 0) is 10.2 Å². The fraction of sp³-hybridized carbons (Fsp3) is 0.500. The van der Waals surface area contributed by atoms with E-state index in [2.05, 4.69) is 0 Å². The molecule has 0 atom stereocenters. The Hall–Kier alpha value is -1.38. The third-order valence-electron chi connectivity index (χ3n) is 3.74. The van der Waals surface area contributed by atoms with Crippen molar-refractivity contribution in [1.82, 2.24) is 0 Å². The third-order valence-corrected chi connectivity index (χ3v) is 3.74. The highest BCUT2D eigenvalue weighted by Crippen LogP contribution is 2.38. The predicted molar refractivity (Wildman–Crippen MR) is 63.4 cm³/mol. The molecule has 0 saturated heterocycles. The number of carboxylic acid groups (broad SMARTS) is 1. The van der Waals surface area contributed by atoms with Crippen LogP contribution in [0.15, 0.2) is 24.3 Å². The van der Waals surface area contributed by atoms with Crippen LogP contribution >= 0.6 is 0 Å². The Bertz CT molecular complexity index is 406. The highest BCUT2D eigenvalue weighted by atomic mass is 19.1. The number of hydrogen-bond donors (Lipinski definition) is 1. The molecule has 1 aliphatic rings. The van der Waals surface area contributed by atoms with E-state index in [0.29, 0.717) is 18.4 Å². The van der Waals surface area contributed by atoms with Crippen molar-refractivity contribution in [2.45, 2.75) is 43.9 Å². The van der Waals surface area contributed by atoms with Gasteiger partial charge in [0.15, 0.2) is 0 Å². The summed E-state index contributed by atoms with van der Waals surface area (Å²) < 4.78 is 13.3. The zero-order valence-electron chi connectivity index (χ0n) is 9.79. The van der Waals surface area contributed by atoms with Crippen LogP contribution in [0.1, 0.15) is 44.1 Å². The molecule has 1 aromatic rings. The van der Waals surface area contributed by atoms with Gasteiger partial charge in [-0.3, -0.25) is 4.79 Å². The van der Waals surface area contributed by atoms with Gasteiger partial charge >= 0.3 is 5.97 Å². The molecular weight excluding hydrogens is 219 g/mol. The Kier molecular flexibility index (Phi) is 3.46. The van der Waals surface area contributed by atoms with E-state index < -0.39 is 11.4 Å². The lowest BCUT2D eigenvalue weighted by Gasteiger charge is -2.28. The van der Waals surface area contributed by atoms with Crippen LogP contribution in [0.2, 0.25) is 0 Å². The molecule has 0 heterocycles. The molecule has 2 rings (SSSR count). The maximum absolute atomic E-state index is 13.3. The molecule has 0 unspecified atom stereocenters. The fourth-order valence-electron chi connectivity index (χ4n) is 2.74. The first-order valence-electron chi connectivity index (χ1n) is 6.15. The number of hydrogen-bond acceptors (Lipinski definition) is 1. The minimum Gasteiger partial charge on any atom is -0.481 e. The van der Waals surface area contributed by atoms with Crippen molar-refractivity contribution in [3.63, 3.8) is 0 Å². The first-order chi connectivity index (χ1) is 8.15. The minimum absolute atomic E-state index is 0.354. The molecule has 1 aliphatic carbocycles. The summed E-state index contributed by atoms with van der Waals surface area (Å²) in [5.74, 6) is -1.17. The summed E-state index contributed by atoms with van der Waals surface area (Å²) in [7, 11) is 0. The van der Waals surface area contributed by atoms with E-state index in [9.17, 15) is 14.3 Å². The number of halogens is 1. The molecule has 0 aliphatic heterocycles. The topological polar surface area (TPSA) is 37.3 Å². The maximum Gasteiger partial charge on any atom is 0.314 e. The molecule has 2 nitrogen and oxygen atoms in total. The number of aliphatic carboxylic acids is 1. The lowest BCUT2D eigenvalue weighted by molar-refractivity contribution is -0.144. The first kappa shape index (κ1) is 12.1. The molecular formula is C14H17FO2. The Labute approximate surface area is 100 Å². The first-order valence-corrected chi connectivity index (χ1v) is 6.15. The van der Waals surface area contributed by atoms with Gasteiger partial charge in [-0.2, -0.15) is 0 Å². The summed E-state index contributed by atoms with van der Waals surface area (Å²) in [6.45, 7) is 0. The second-order valence-corrected chi connectivity index (χ2v) is 4.81. The van der Waals surface area contributed by atoms with E-state index in [1.54, 1.807) is 12.1 Å². The standard InChI is InChI=1S/C14H17FO2/c15-12-7-5-6-11(10-12)14(13(16)17)8-3-1-2-4-9-14/h5-7,10H,1-4,8-9H2,(H,16,17). The van der Waals surface area contributed by atoms with Gasteiger partial charge in [0.2, 0.25) is 0 Å². The Balaban J connectivity index is 2.42. The maximum atomic E-state index is 13.3. The minimum atomic E-state index is -0.876. The SMILES string of the molecule is O=C(O)C1(c2cccc(F)c2)CCCCCC1. The number of benzene rings is 1. The average molecular weight is 236 g/mol. The molecule has 0 radical (unpaired) electrons. The zero-order chi connectivity index (χ0) is 12.3. The van der Waals surface area contributed by atoms with E-state index in [1.165, 1.54) is 12.1 Å². The molecule has 1 fully saturated rings. The summed E-state index contributed by atoms with van der Waals surface area (Å²) in [5, 5.41) is 9.54. The van der Waals surface area contributed by atoms with Crippen molar-refractivity contribution >= 4 is 5.97 Å². The monoisotopic (exact) mass is 236 g/mol. The van der Waals surface area contributed by atoms with Gasteiger partial charge in [-0.15, -0.1) is 0 Å². The van der Waals surface area contributed by atoms with Gasteiger partial charge in [-0.05, 0) is 30.5 Å². The van der Waals surface area contributed by atoms with Crippen molar-refractivity contribution in [1.29, 1.82) is 0 Å². The van der Waals surface area contributed by atoms with Gasteiger partial charge in [0.1, 0.15) is 5.82 Å². The second kappa shape index (κ2) is 4.86. The Morgan fingerprint density at radius 2 is 1.82 bits per heavy atom. The Morgan fingerprint density at radius 3 is 2.35 bits per heavy atom. The summed E-state index contributed by atoms with van der Waals surface area (Å²) in [5.41, 5.74) is -0.259. The molecule has 0 amide bonds. The van der Waals surface area contributed by atoms with Crippen molar-refractivity contribution in [2.75, 3.05) is 0 Å². The summed E-state index contributed by atoms with van der Waals surface area (Å²) in [6, 6.07) is 6.07. The van der Waals surface area contributed by atoms with Crippen LogP contribution in [0.3, 0.4) is 0 Å². The van der Waals surface area contributed by atoms with Crippen LogP contribution in [-0.4, -0.2) is 11.1 Å². The molecule has 3 heteroatoms. The van der Waals surface area contributed by atoms with E-state index in [-0.39, 0.29) is 5.82 Å². The van der Waals surface area contributed by atoms with Crippen LogP contribution in [0, 0.1) is 5.82 Å². The fourth-order valence-corrected chi connectivity index (χ4v) is 2.74. The smallest absolute Gasteiger partial charge is 0.314 e. The van der Waals surface area contributed by atoms with Crippen molar-refractivity contribution in [3.05, 3.63) is 35.6 Å². The highest BCUT2D eigenvalue weighted by Gasteiger charge is 2.40. The number of rotatable bonds is 2. The van der Waals surface area contributed by atoms with Gasteiger partial charge in [0.25, 0.3) is 0 Å². The summed E-state index contributed by atoms with van der Waals surface area (Å²) in [6.07, 6.45) is 5.19. The van der Waals surface area contributed by atoms with Crippen molar-refractivity contribution < 1.29 is 14.3 Å². The van der Waals surface area contributed by atoms with Gasteiger partial charge in [0, 0.05) is 0 Å². The Morgan fingerprint density at radius 1 is 1.18 bits per heavy atom. The van der Waals surface area contributed by atoms with Gasteiger partial charge in [0.05, 0.1) is 5.41 Å². The summed E-state index contributed by atoms with van der Waals surface area (Å²) in [4.78, 5) is 11.6. The van der Waals surface area contributed by atoms with Gasteiger partial charge < -0.3 is 5.11 Å². The van der Waals surface area contributed by atoms with E-state index in [4.69, 9.17) is 0 Å². The van der Waals surface area contributed by atoms with Gasteiger partial charge in [-0.1, -0.05) is 37.8 Å². The van der Waals surface area contributed by atoms with Gasteiger partial charge in [-0.25, -0.2) is 4.39 Å². The van der Waals surface area contributed by atoms with Crippen molar-refractivity contribution in [2.24, 2.45) is 0 Å². The number of carboxylic acids is 1. The molecule has 1 aromatic carbocycles. The van der Waals surface area contributed by atoms with Crippen LogP contribution < -0.4 is 0 Å². The molecule has 17 heavy (non-hydrogen) atoms.